The topological polar surface area (TPSA) is 99.3 Å². The van der Waals surface area contributed by atoms with Crippen molar-refractivity contribution in [1.29, 1.82) is 0 Å². The Balaban J connectivity index is 1.23. The Labute approximate surface area is 252 Å². The number of nitrogens with one attached hydrogen (secondary N) is 1. The lowest BCUT2D eigenvalue weighted by atomic mass is 9.98. The molecule has 0 amide bonds. The normalized spacial score (nSPS) is 11.4. The Kier molecular flexibility index (Phi) is 8.87. The van der Waals surface area contributed by atoms with Crippen molar-refractivity contribution < 1.29 is 4.74 Å². The zero-order valence-electron chi connectivity index (χ0n) is 24.9. The lowest BCUT2D eigenvalue weighted by Gasteiger charge is -2.14. The Morgan fingerprint density at radius 2 is 1.77 bits per heavy atom. The van der Waals surface area contributed by atoms with Crippen LogP contribution in [0.1, 0.15) is 56.0 Å². The first-order chi connectivity index (χ1) is 21.2. The minimum absolute atomic E-state index is 0.659. The van der Waals surface area contributed by atoms with Crippen molar-refractivity contribution in [3.8, 4) is 28.3 Å². The van der Waals surface area contributed by atoms with Gasteiger partial charge in [0.15, 0.2) is 5.82 Å². The molecule has 3 aromatic heterocycles. The molecular weight excluding hydrogens is 536 g/mol. The van der Waals surface area contributed by atoms with Crippen molar-refractivity contribution in [2.45, 2.75) is 65.5 Å². The number of H-pyrrole nitrogens is 1. The minimum atomic E-state index is 0.659. The molecule has 0 aliphatic heterocycles. The van der Waals surface area contributed by atoms with Crippen LogP contribution in [-0.2, 0) is 19.5 Å². The number of aromatic amines is 1. The van der Waals surface area contributed by atoms with E-state index in [0.717, 1.165) is 90.9 Å². The molecule has 43 heavy (non-hydrogen) atoms. The molecule has 0 unspecified atom stereocenters. The third-order valence-corrected chi connectivity index (χ3v) is 7.90. The summed E-state index contributed by atoms with van der Waals surface area (Å²) in [6.45, 7) is 6.77. The highest BCUT2D eigenvalue weighted by molar-refractivity contribution is 5.86. The zero-order chi connectivity index (χ0) is 29.4. The number of tetrazole rings is 1. The van der Waals surface area contributed by atoms with Gasteiger partial charge in [-0.25, -0.2) is 15.1 Å². The molecule has 9 heteroatoms. The summed E-state index contributed by atoms with van der Waals surface area (Å²) < 4.78 is 10.9. The number of ether oxygens (including phenoxy) is 1. The van der Waals surface area contributed by atoms with E-state index in [1.165, 1.54) is 11.1 Å². The molecule has 0 bridgehead atoms. The Morgan fingerprint density at radius 3 is 2.53 bits per heavy atom. The first kappa shape index (κ1) is 28.3. The van der Waals surface area contributed by atoms with Crippen LogP contribution >= 0.6 is 0 Å². The van der Waals surface area contributed by atoms with Crippen LogP contribution in [-0.4, -0.2) is 46.3 Å². The molecule has 9 nitrogen and oxygen atoms in total. The average molecular weight is 575 g/mol. The van der Waals surface area contributed by atoms with Gasteiger partial charge in [-0.3, -0.25) is 0 Å². The van der Waals surface area contributed by atoms with Gasteiger partial charge in [0.25, 0.3) is 0 Å². The fourth-order valence-electron chi connectivity index (χ4n) is 5.56. The van der Waals surface area contributed by atoms with E-state index in [0.29, 0.717) is 12.4 Å². The molecule has 6 rings (SSSR count). The molecule has 1 N–H and O–H groups in total. The number of rotatable bonds is 14. The summed E-state index contributed by atoms with van der Waals surface area (Å²) in [6, 6.07) is 21.2. The third kappa shape index (κ3) is 6.51. The molecular formula is C34H38N8O. The molecule has 220 valence electrons. The highest BCUT2D eigenvalue weighted by atomic mass is 16.5. The molecule has 0 spiro atoms. The van der Waals surface area contributed by atoms with Crippen molar-refractivity contribution in [3.63, 3.8) is 0 Å². The first-order valence-electron chi connectivity index (χ1n) is 15.2. The van der Waals surface area contributed by atoms with Crippen molar-refractivity contribution >= 4 is 11.0 Å². The van der Waals surface area contributed by atoms with Crippen molar-refractivity contribution in [2.75, 3.05) is 6.61 Å². The van der Waals surface area contributed by atoms with E-state index < -0.39 is 0 Å². The van der Waals surface area contributed by atoms with Gasteiger partial charge in [0, 0.05) is 37.5 Å². The summed E-state index contributed by atoms with van der Waals surface area (Å²) in [7, 11) is 0. The lowest BCUT2D eigenvalue weighted by Crippen LogP contribution is -2.07. The largest absolute Gasteiger partial charge is 0.491 e. The summed E-state index contributed by atoms with van der Waals surface area (Å²) in [4.78, 5) is 9.28. The number of fused-ring (bicyclic) bond motifs is 1. The monoisotopic (exact) mass is 574 g/mol. The summed E-state index contributed by atoms with van der Waals surface area (Å²) in [5.74, 6) is 2.69. The smallest absolute Gasteiger partial charge is 0.180 e. The van der Waals surface area contributed by atoms with Crippen molar-refractivity contribution in [2.24, 2.45) is 0 Å². The zero-order valence-corrected chi connectivity index (χ0v) is 24.9. The van der Waals surface area contributed by atoms with Gasteiger partial charge in [0.1, 0.15) is 17.1 Å². The molecule has 0 aliphatic carbocycles. The quantitative estimate of drug-likeness (QED) is 0.140. The fourth-order valence-corrected chi connectivity index (χ4v) is 5.56. The summed E-state index contributed by atoms with van der Waals surface area (Å²) in [5, 5.41) is 14.5. The van der Waals surface area contributed by atoms with Crippen LogP contribution in [0.15, 0.2) is 79.4 Å². The van der Waals surface area contributed by atoms with Gasteiger partial charge in [0.2, 0.25) is 0 Å². The number of hydrogen-bond acceptors (Lipinski definition) is 6. The second kappa shape index (κ2) is 13.5. The van der Waals surface area contributed by atoms with Crippen LogP contribution in [0.2, 0.25) is 0 Å². The molecule has 3 heterocycles. The summed E-state index contributed by atoms with van der Waals surface area (Å²) in [5.41, 5.74) is 7.69. The molecule has 0 atom stereocenters. The average Bonchev–Trinajstić information content (AvgIpc) is 3.82. The summed E-state index contributed by atoms with van der Waals surface area (Å²) >= 11 is 0. The maximum absolute atomic E-state index is 6.43. The molecule has 0 fully saturated rings. The van der Waals surface area contributed by atoms with Gasteiger partial charge in [0.05, 0.1) is 18.5 Å². The van der Waals surface area contributed by atoms with E-state index in [1.54, 1.807) is 0 Å². The third-order valence-electron chi connectivity index (χ3n) is 7.90. The Morgan fingerprint density at radius 1 is 0.907 bits per heavy atom. The van der Waals surface area contributed by atoms with E-state index in [2.05, 4.69) is 91.1 Å². The van der Waals surface area contributed by atoms with Gasteiger partial charge in [-0.15, -0.1) is 5.10 Å². The number of imidazole rings is 2. The van der Waals surface area contributed by atoms with Gasteiger partial charge in [-0.05, 0) is 71.4 Å². The van der Waals surface area contributed by atoms with E-state index in [9.17, 15) is 0 Å². The van der Waals surface area contributed by atoms with E-state index >= 15 is 0 Å². The van der Waals surface area contributed by atoms with E-state index in [-0.39, 0.29) is 0 Å². The maximum Gasteiger partial charge on any atom is 0.180 e. The van der Waals surface area contributed by atoms with Crippen molar-refractivity contribution in [3.05, 3.63) is 96.3 Å². The maximum atomic E-state index is 6.43. The SMILES string of the molecule is CCCCc1nc2c(C)ccc(OCCCCCn3ccnc3)c2n1Cc1ccc(-c2ccccc2-c2nnn[nH]2)cc1. The lowest BCUT2D eigenvalue weighted by molar-refractivity contribution is 0.306. The highest BCUT2D eigenvalue weighted by Gasteiger charge is 2.18. The molecule has 6 aromatic rings. The number of nitrogens with zero attached hydrogens (tertiary/aromatic N) is 7. The van der Waals surface area contributed by atoms with Crippen LogP contribution in [0.5, 0.6) is 5.75 Å². The van der Waals surface area contributed by atoms with Crippen molar-refractivity contribution in [1.82, 2.24) is 39.7 Å². The van der Waals surface area contributed by atoms with E-state index in [4.69, 9.17) is 9.72 Å². The Bertz CT molecular complexity index is 1740. The molecule has 3 aromatic carbocycles. The first-order valence-corrected chi connectivity index (χ1v) is 15.2. The highest BCUT2D eigenvalue weighted by Crippen LogP contribution is 2.33. The fraction of sp³-hybridized carbons (Fsp3) is 0.324. The standard InChI is InChI=1S/C34H38N8O/c1-3-4-12-31-36-32-25(2)13-18-30(43-22-9-5-8-20-41-21-19-35-24-41)33(32)42(31)23-26-14-16-27(17-15-26)28-10-6-7-11-29(28)34-37-39-40-38-34/h6-7,10-11,13-19,21,24H,3-5,8-9,12,20,22-23H2,1-2H3,(H,37,38,39,40). The number of benzene rings is 3. The molecule has 0 radical (unpaired) electrons. The molecule has 0 aliphatic rings. The number of unbranched alkanes of at least 4 members (excludes halogenated alkanes) is 3. The van der Waals surface area contributed by atoms with Gasteiger partial charge >= 0.3 is 0 Å². The second-order valence-electron chi connectivity index (χ2n) is 11.0. The van der Waals surface area contributed by atoms with Crippen LogP contribution in [0.3, 0.4) is 0 Å². The Hall–Kier alpha value is -4.79. The minimum Gasteiger partial charge on any atom is -0.491 e. The van der Waals surface area contributed by atoms with Crippen LogP contribution in [0, 0.1) is 6.92 Å². The van der Waals surface area contributed by atoms with Gasteiger partial charge < -0.3 is 13.9 Å². The molecule has 0 saturated carbocycles. The second-order valence-corrected chi connectivity index (χ2v) is 11.0. The van der Waals surface area contributed by atoms with Crippen LogP contribution in [0.25, 0.3) is 33.5 Å². The predicted molar refractivity (Wildman–Crippen MR) is 169 cm³/mol. The van der Waals surface area contributed by atoms with Gasteiger partial charge in [-0.1, -0.05) is 67.9 Å². The predicted octanol–water partition coefficient (Wildman–Crippen LogP) is 7.03. The summed E-state index contributed by atoms with van der Waals surface area (Å²) in [6.07, 6.45) is 12.1. The number of aryl methyl sites for hydroxylation is 3. The number of aromatic nitrogens is 8. The number of hydrogen-bond donors (Lipinski definition) is 1. The van der Waals surface area contributed by atoms with Crippen LogP contribution < -0.4 is 4.74 Å². The van der Waals surface area contributed by atoms with Gasteiger partial charge in [-0.2, -0.15) is 0 Å². The van der Waals surface area contributed by atoms with Crippen LogP contribution in [0.4, 0.5) is 0 Å². The molecule has 0 saturated heterocycles. The van der Waals surface area contributed by atoms with E-state index in [1.807, 2.05) is 36.9 Å².